The lowest BCUT2D eigenvalue weighted by atomic mass is 10.1. The average molecular weight is 289 g/mol. The van der Waals surface area contributed by atoms with E-state index in [4.69, 9.17) is 21.0 Å². The number of fused-ring (bicyclic) bond motifs is 1. The van der Waals surface area contributed by atoms with E-state index in [0.29, 0.717) is 17.9 Å². The van der Waals surface area contributed by atoms with Crippen LogP contribution in [0.2, 0.25) is 0 Å². The molecule has 1 aliphatic heterocycles. The summed E-state index contributed by atoms with van der Waals surface area (Å²) in [5.41, 5.74) is 0.920. The Morgan fingerprint density at radius 3 is 2.81 bits per heavy atom. The number of carboxylic acid groups (broad SMARTS) is 1. The summed E-state index contributed by atoms with van der Waals surface area (Å²) in [4.78, 5) is 23.8. The quantitative estimate of drug-likeness (QED) is 0.787. The first-order valence-electron chi connectivity index (χ1n) is 6.41. The molecule has 0 saturated carbocycles. The van der Waals surface area contributed by atoms with Gasteiger partial charge in [-0.3, -0.25) is 9.59 Å². The SMILES string of the molecule is C#CCN(CC(=O)O)C(=O)CCc1ccc2c(c1)OCO2. The van der Waals surface area contributed by atoms with Crippen molar-refractivity contribution < 1.29 is 24.2 Å². The molecule has 6 heteroatoms. The van der Waals surface area contributed by atoms with Gasteiger partial charge in [-0.15, -0.1) is 6.42 Å². The second-order valence-electron chi connectivity index (χ2n) is 4.54. The highest BCUT2D eigenvalue weighted by molar-refractivity contribution is 5.81. The van der Waals surface area contributed by atoms with Gasteiger partial charge in [0.1, 0.15) is 6.54 Å². The lowest BCUT2D eigenvalue weighted by Crippen LogP contribution is -2.36. The first-order valence-corrected chi connectivity index (χ1v) is 6.41. The number of nitrogens with zero attached hydrogens (tertiary/aromatic N) is 1. The van der Waals surface area contributed by atoms with Crippen molar-refractivity contribution in [2.75, 3.05) is 19.9 Å². The van der Waals surface area contributed by atoms with Gasteiger partial charge in [0.2, 0.25) is 12.7 Å². The molecule has 0 saturated heterocycles. The molecule has 0 spiro atoms. The smallest absolute Gasteiger partial charge is 0.323 e. The van der Waals surface area contributed by atoms with Crippen LogP contribution >= 0.6 is 0 Å². The minimum atomic E-state index is -1.08. The number of aryl methyl sites for hydroxylation is 1. The van der Waals surface area contributed by atoms with Crippen LogP contribution in [0.5, 0.6) is 11.5 Å². The van der Waals surface area contributed by atoms with Gasteiger partial charge in [-0.1, -0.05) is 12.0 Å². The normalized spacial score (nSPS) is 11.8. The maximum Gasteiger partial charge on any atom is 0.323 e. The third-order valence-corrected chi connectivity index (χ3v) is 3.03. The molecule has 110 valence electrons. The molecule has 1 amide bonds. The van der Waals surface area contributed by atoms with E-state index in [0.717, 1.165) is 10.5 Å². The van der Waals surface area contributed by atoms with Crippen LogP contribution in [0.15, 0.2) is 18.2 Å². The lowest BCUT2D eigenvalue weighted by molar-refractivity contribution is -0.144. The highest BCUT2D eigenvalue weighted by Gasteiger charge is 2.17. The minimum Gasteiger partial charge on any atom is -0.480 e. The number of hydrogen-bond acceptors (Lipinski definition) is 4. The molecule has 21 heavy (non-hydrogen) atoms. The number of rotatable bonds is 6. The van der Waals surface area contributed by atoms with E-state index in [1.807, 2.05) is 12.1 Å². The fourth-order valence-corrected chi connectivity index (χ4v) is 2.01. The second-order valence-corrected chi connectivity index (χ2v) is 4.54. The zero-order valence-electron chi connectivity index (χ0n) is 11.4. The summed E-state index contributed by atoms with van der Waals surface area (Å²) in [6, 6.07) is 5.46. The Balaban J connectivity index is 1.93. The molecule has 0 fully saturated rings. The van der Waals surface area contributed by atoms with Crippen LogP contribution < -0.4 is 9.47 Å². The molecule has 1 N–H and O–H groups in total. The van der Waals surface area contributed by atoms with Gasteiger partial charge < -0.3 is 19.5 Å². The van der Waals surface area contributed by atoms with E-state index in [1.165, 1.54) is 0 Å². The number of amides is 1. The molecule has 0 radical (unpaired) electrons. The molecular formula is C15H15NO5. The third-order valence-electron chi connectivity index (χ3n) is 3.03. The van der Waals surface area contributed by atoms with Crippen LogP contribution in [0.1, 0.15) is 12.0 Å². The fraction of sp³-hybridized carbons (Fsp3) is 0.333. The standard InChI is InChI=1S/C15H15NO5/c1-2-7-16(9-15(18)19)14(17)6-4-11-3-5-12-13(8-11)21-10-20-12/h1,3,5,8H,4,6-7,9-10H2,(H,18,19). The van der Waals surface area contributed by atoms with E-state index < -0.39 is 5.97 Å². The molecule has 0 unspecified atom stereocenters. The summed E-state index contributed by atoms with van der Waals surface area (Å²) < 4.78 is 10.5. The van der Waals surface area contributed by atoms with E-state index in [1.54, 1.807) is 6.07 Å². The number of carboxylic acids is 1. The molecule has 2 rings (SSSR count). The van der Waals surface area contributed by atoms with Crippen molar-refractivity contribution in [1.29, 1.82) is 0 Å². The number of hydrogen-bond donors (Lipinski definition) is 1. The van der Waals surface area contributed by atoms with E-state index >= 15 is 0 Å². The van der Waals surface area contributed by atoms with E-state index in [9.17, 15) is 9.59 Å². The Morgan fingerprint density at radius 2 is 2.10 bits per heavy atom. The molecule has 1 heterocycles. The van der Waals surface area contributed by atoms with Gasteiger partial charge >= 0.3 is 5.97 Å². The van der Waals surface area contributed by atoms with Crippen LogP contribution in [0.25, 0.3) is 0 Å². The number of carbonyl (C=O) groups is 2. The molecule has 0 atom stereocenters. The summed E-state index contributed by atoms with van der Waals surface area (Å²) in [6.45, 7) is -0.192. The van der Waals surface area contributed by atoms with Gasteiger partial charge in [-0.2, -0.15) is 0 Å². The van der Waals surface area contributed by atoms with E-state index in [2.05, 4.69) is 5.92 Å². The van der Waals surface area contributed by atoms with Crippen molar-refractivity contribution in [2.24, 2.45) is 0 Å². The van der Waals surface area contributed by atoms with Gasteiger partial charge in [-0.25, -0.2) is 0 Å². The monoisotopic (exact) mass is 289 g/mol. The topological polar surface area (TPSA) is 76.1 Å². The van der Waals surface area contributed by atoms with Crippen LogP contribution in [0.4, 0.5) is 0 Å². The summed E-state index contributed by atoms with van der Waals surface area (Å²) >= 11 is 0. The Labute approximate surface area is 122 Å². The number of aliphatic carboxylic acids is 1. The first-order chi connectivity index (χ1) is 10.1. The Kier molecular flexibility index (Phi) is 4.67. The van der Waals surface area contributed by atoms with Crippen LogP contribution in [-0.4, -0.2) is 41.8 Å². The number of benzene rings is 1. The van der Waals surface area contributed by atoms with Crippen LogP contribution in [0.3, 0.4) is 0 Å². The number of carbonyl (C=O) groups excluding carboxylic acids is 1. The van der Waals surface area contributed by atoms with Crippen LogP contribution in [-0.2, 0) is 16.0 Å². The van der Waals surface area contributed by atoms with Gasteiger partial charge in [0.15, 0.2) is 11.5 Å². The summed E-state index contributed by atoms with van der Waals surface area (Å²) in [7, 11) is 0. The molecule has 0 aliphatic carbocycles. The minimum absolute atomic E-state index is 0.00767. The Hall–Kier alpha value is -2.68. The molecule has 1 aromatic carbocycles. The molecule has 0 aromatic heterocycles. The van der Waals surface area contributed by atoms with Crippen molar-refractivity contribution in [2.45, 2.75) is 12.8 Å². The summed E-state index contributed by atoms with van der Waals surface area (Å²) in [5.74, 6) is 2.27. The second kappa shape index (κ2) is 6.66. The highest BCUT2D eigenvalue weighted by atomic mass is 16.7. The van der Waals surface area contributed by atoms with E-state index in [-0.39, 0.29) is 32.2 Å². The lowest BCUT2D eigenvalue weighted by Gasteiger charge is -2.17. The Bertz CT molecular complexity index is 590. The zero-order valence-corrected chi connectivity index (χ0v) is 11.4. The van der Waals surface area contributed by atoms with Crippen molar-refractivity contribution in [1.82, 2.24) is 4.90 Å². The third kappa shape index (κ3) is 3.89. The van der Waals surface area contributed by atoms with Gasteiger partial charge in [0.25, 0.3) is 0 Å². The molecular weight excluding hydrogens is 274 g/mol. The van der Waals surface area contributed by atoms with Crippen molar-refractivity contribution >= 4 is 11.9 Å². The van der Waals surface area contributed by atoms with Gasteiger partial charge in [-0.05, 0) is 24.1 Å². The zero-order chi connectivity index (χ0) is 15.2. The summed E-state index contributed by atoms with van der Waals surface area (Å²) in [5, 5.41) is 8.76. The molecule has 6 nitrogen and oxygen atoms in total. The van der Waals surface area contributed by atoms with Crippen molar-refractivity contribution in [3.05, 3.63) is 23.8 Å². The largest absolute Gasteiger partial charge is 0.480 e. The predicted octanol–water partition coefficient (Wildman–Crippen LogP) is 0.894. The average Bonchev–Trinajstić information content (AvgIpc) is 2.91. The number of ether oxygens (including phenoxy) is 2. The first kappa shape index (κ1) is 14.7. The highest BCUT2D eigenvalue weighted by Crippen LogP contribution is 2.32. The predicted molar refractivity (Wildman–Crippen MR) is 73.9 cm³/mol. The molecule has 0 bridgehead atoms. The molecule has 1 aliphatic rings. The van der Waals surface area contributed by atoms with Gasteiger partial charge in [0.05, 0.1) is 6.54 Å². The van der Waals surface area contributed by atoms with Gasteiger partial charge in [0, 0.05) is 6.42 Å². The maximum absolute atomic E-state index is 12.0. The fourth-order valence-electron chi connectivity index (χ4n) is 2.01. The maximum atomic E-state index is 12.0. The summed E-state index contributed by atoms with van der Waals surface area (Å²) in [6.07, 6.45) is 5.82. The van der Waals surface area contributed by atoms with Crippen molar-refractivity contribution in [3.63, 3.8) is 0 Å². The number of terminal acetylenes is 1. The Morgan fingerprint density at radius 1 is 1.33 bits per heavy atom. The molecule has 1 aromatic rings. The van der Waals surface area contributed by atoms with Crippen LogP contribution in [0, 0.1) is 12.3 Å². The van der Waals surface area contributed by atoms with Crippen molar-refractivity contribution in [3.8, 4) is 23.8 Å².